The largest absolute Gasteiger partial charge is 0.497 e. The number of nitrogens with two attached hydrogens (primary N) is 1. The van der Waals surface area contributed by atoms with Crippen molar-refractivity contribution in [3.8, 4) is 17.0 Å². The first-order chi connectivity index (χ1) is 8.11. The molecule has 3 N–H and O–H groups in total. The molecule has 1 heterocycles. The number of aromatic amines is 1. The summed E-state index contributed by atoms with van der Waals surface area (Å²) in [5.41, 5.74) is 6.50. The zero-order valence-corrected chi connectivity index (χ0v) is 10.6. The molecule has 0 aliphatic heterocycles. The molecule has 6 heteroatoms. The summed E-state index contributed by atoms with van der Waals surface area (Å²) >= 11 is 3.19. The van der Waals surface area contributed by atoms with Crippen LogP contribution in [0.15, 0.2) is 33.5 Å². The summed E-state index contributed by atoms with van der Waals surface area (Å²) in [6.45, 7) is 0. The molecule has 0 aliphatic rings. The predicted molar refractivity (Wildman–Crippen MR) is 69.0 cm³/mol. The molecule has 1 aromatic heterocycles. The fraction of sp³-hybridized carbons (Fsp3) is 0.0909. The molecule has 0 amide bonds. The average Bonchev–Trinajstić information content (AvgIpc) is 2.34. The monoisotopic (exact) mass is 295 g/mol. The van der Waals surface area contributed by atoms with Gasteiger partial charge in [-0.25, -0.2) is 4.98 Å². The summed E-state index contributed by atoms with van der Waals surface area (Å²) in [7, 11) is 1.59. The van der Waals surface area contributed by atoms with Gasteiger partial charge in [0.25, 0.3) is 5.56 Å². The summed E-state index contributed by atoms with van der Waals surface area (Å²) in [4.78, 5) is 18.0. The minimum absolute atomic E-state index is 0.0871. The number of methoxy groups -OCH3 is 1. The standard InChI is InChI=1S/C11H10BrN3O2/c1-17-7-4-2-6(3-5-7)9-8(12)10(16)15-11(13)14-9/h2-5H,1H3,(H3,13,14,15,16). The maximum atomic E-state index is 11.5. The molecule has 0 atom stereocenters. The van der Waals surface area contributed by atoms with E-state index in [1.165, 1.54) is 0 Å². The van der Waals surface area contributed by atoms with Crippen LogP contribution < -0.4 is 16.0 Å². The number of nitrogens with zero attached hydrogens (tertiary/aromatic N) is 1. The van der Waals surface area contributed by atoms with Crippen LogP contribution >= 0.6 is 15.9 Å². The normalized spacial score (nSPS) is 10.2. The highest BCUT2D eigenvalue weighted by atomic mass is 79.9. The second kappa shape index (κ2) is 4.58. The Hall–Kier alpha value is -1.82. The molecule has 2 aromatic rings. The van der Waals surface area contributed by atoms with E-state index in [1.54, 1.807) is 19.2 Å². The summed E-state index contributed by atoms with van der Waals surface area (Å²) in [6.07, 6.45) is 0. The van der Waals surface area contributed by atoms with Gasteiger partial charge in [-0.1, -0.05) is 0 Å². The van der Waals surface area contributed by atoms with Crippen LogP contribution in [0.1, 0.15) is 0 Å². The fourth-order valence-electron chi connectivity index (χ4n) is 1.42. The number of nitrogen functional groups attached to an aromatic ring is 1. The lowest BCUT2D eigenvalue weighted by molar-refractivity contribution is 0.415. The van der Waals surface area contributed by atoms with Crippen LogP contribution in [0, 0.1) is 0 Å². The molecule has 0 aliphatic carbocycles. The highest BCUT2D eigenvalue weighted by Gasteiger charge is 2.09. The number of anilines is 1. The third kappa shape index (κ3) is 2.31. The Labute approximate surface area is 106 Å². The fourth-order valence-corrected chi connectivity index (χ4v) is 1.83. The molecule has 17 heavy (non-hydrogen) atoms. The van der Waals surface area contributed by atoms with Gasteiger partial charge < -0.3 is 10.5 Å². The third-order valence-electron chi connectivity index (χ3n) is 2.24. The lowest BCUT2D eigenvalue weighted by atomic mass is 10.1. The number of aromatic nitrogens is 2. The molecule has 0 saturated heterocycles. The number of nitrogens with one attached hydrogen (secondary N) is 1. The van der Waals surface area contributed by atoms with E-state index in [4.69, 9.17) is 10.5 Å². The first-order valence-electron chi connectivity index (χ1n) is 4.81. The van der Waals surface area contributed by atoms with E-state index in [1.807, 2.05) is 12.1 Å². The molecular weight excluding hydrogens is 286 g/mol. The van der Waals surface area contributed by atoms with E-state index in [-0.39, 0.29) is 11.5 Å². The van der Waals surface area contributed by atoms with Gasteiger partial charge in [0.1, 0.15) is 10.2 Å². The van der Waals surface area contributed by atoms with Crippen LogP contribution in [0.5, 0.6) is 5.75 Å². The minimum Gasteiger partial charge on any atom is -0.497 e. The quantitative estimate of drug-likeness (QED) is 0.885. The molecule has 0 bridgehead atoms. The smallest absolute Gasteiger partial charge is 0.267 e. The van der Waals surface area contributed by atoms with E-state index in [0.717, 1.165) is 11.3 Å². The number of ether oxygens (including phenoxy) is 1. The SMILES string of the molecule is COc1ccc(-c2nc(N)[nH]c(=O)c2Br)cc1. The van der Waals surface area contributed by atoms with Crippen LogP contribution in [-0.2, 0) is 0 Å². The van der Waals surface area contributed by atoms with E-state index >= 15 is 0 Å². The lowest BCUT2D eigenvalue weighted by Crippen LogP contribution is -2.13. The molecular formula is C11H10BrN3O2. The first kappa shape index (κ1) is 11.7. The van der Waals surface area contributed by atoms with Crippen molar-refractivity contribution in [3.63, 3.8) is 0 Å². The van der Waals surface area contributed by atoms with Gasteiger partial charge in [-0.3, -0.25) is 9.78 Å². The molecule has 0 saturated carbocycles. The van der Waals surface area contributed by atoms with Gasteiger partial charge in [0.2, 0.25) is 5.95 Å². The Morgan fingerprint density at radius 1 is 1.35 bits per heavy atom. The second-order valence-corrected chi connectivity index (χ2v) is 4.14. The van der Waals surface area contributed by atoms with E-state index < -0.39 is 0 Å². The minimum atomic E-state index is -0.302. The van der Waals surface area contributed by atoms with Crippen molar-refractivity contribution < 1.29 is 4.74 Å². The highest BCUT2D eigenvalue weighted by Crippen LogP contribution is 2.25. The topological polar surface area (TPSA) is 81.0 Å². The zero-order valence-electron chi connectivity index (χ0n) is 9.03. The first-order valence-corrected chi connectivity index (χ1v) is 5.61. The van der Waals surface area contributed by atoms with Gasteiger partial charge in [-0.2, -0.15) is 0 Å². The van der Waals surface area contributed by atoms with Crippen molar-refractivity contribution in [3.05, 3.63) is 39.1 Å². The number of halogens is 1. The predicted octanol–water partition coefficient (Wildman–Crippen LogP) is 1.79. The van der Waals surface area contributed by atoms with Gasteiger partial charge in [-0.05, 0) is 40.2 Å². The molecule has 1 aromatic carbocycles. The van der Waals surface area contributed by atoms with Crippen LogP contribution in [0.3, 0.4) is 0 Å². The molecule has 0 spiro atoms. The van der Waals surface area contributed by atoms with Gasteiger partial charge >= 0.3 is 0 Å². The number of hydrogen-bond acceptors (Lipinski definition) is 4. The van der Waals surface area contributed by atoms with Crippen LogP contribution in [-0.4, -0.2) is 17.1 Å². The molecule has 2 rings (SSSR count). The second-order valence-electron chi connectivity index (χ2n) is 3.34. The van der Waals surface area contributed by atoms with Crippen LogP contribution in [0.25, 0.3) is 11.3 Å². The van der Waals surface area contributed by atoms with Gasteiger partial charge in [0.05, 0.1) is 12.8 Å². The third-order valence-corrected chi connectivity index (χ3v) is 2.98. The highest BCUT2D eigenvalue weighted by molar-refractivity contribution is 9.10. The van der Waals surface area contributed by atoms with E-state index in [9.17, 15) is 4.79 Å². The Morgan fingerprint density at radius 2 is 2.00 bits per heavy atom. The number of rotatable bonds is 2. The number of benzene rings is 1. The van der Waals surface area contributed by atoms with Gasteiger partial charge in [0, 0.05) is 5.56 Å². The summed E-state index contributed by atoms with van der Waals surface area (Å²) in [6, 6.07) is 7.21. The molecule has 0 fully saturated rings. The van der Waals surface area contributed by atoms with E-state index in [0.29, 0.717) is 10.2 Å². The summed E-state index contributed by atoms with van der Waals surface area (Å²) < 4.78 is 5.42. The van der Waals surface area contributed by atoms with Crippen molar-refractivity contribution >= 4 is 21.9 Å². The van der Waals surface area contributed by atoms with Crippen molar-refractivity contribution in [1.82, 2.24) is 9.97 Å². The number of hydrogen-bond donors (Lipinski definition) is 2. The lowest BCUT2D eigenvalue weighted by Gasteiger charge is -2.05. The zero-order chi connectivity index (χ0) is 12.4. The Bertz CT molecular complexity index is 593. The van der Waals surface area contributed by atoms with Crippen LogP contribution in [0.4, 0.5) is 5.95 Å². The van der Waals surface area contributed by atoms with Gasteiger partial charge in [-0.15, -0.1) is 0 Å². The maximum Gasteiger partial charge on any atom is 0.267 e. The summed E-state index contributed by atoms with van der Waals surface area (Å²) in [5, 5.41) is 0. The average molecular weight is 296 g/mol. The van der Waals surface area contributed by atoms with Crippen molar-refractivity contribution in [2.24, 2.45) is 0 Å². The number of H-pyrrole nitrogens is 1. The Balaban J connectivity index is 2.56. The molecule has 5 nitrogen and oxygen atoms in total. The maximum absolute atomic E-state index is 11.5. The van der Waals surface area contributed by atoms with Crippen molar-refractivity contribution in [2.45, 2.75) is 0 Å². The van der Waals surface area contributed by atoms with Crippen LogP contribution in [0.2, 0.25) is 0 Å². The van der Waals surface area contributed by atoms with Crippen molar-refractivity contribution in [1.29, 1.82) is 0 Å². The van der Waals surface area contributed by atoms with Gasteiger partial charge in [0.15, 0.2) is 0 Å². The molecule has 0 unspecified atom stereocenters. The molecule has 0 radical (unpaired) electrons. The van der Waals surface area contributed by atoms with Crippen molar-refractivity contribution in [2.75, 3.05) is 12.8 Å². The Kier molecular flexibility index (Phi) is 3.14. The molecule has 88 valence electrons. The Morgan fingerprint density at radius 3 is 2.59 bits per heavy atom. The van der Waals surface area contributed by atoms with E-state index in [2.05, 4.69) is 25.9 Å². The summed E-state index contributed by atoms with van der Waals surface area (Å²) in [5.74, 6) is 0.826.